The summed E-state index contributed by atoms with van der Waals surface area (Å²) in [6.45, 7) is 10.5. The maximum Gasteiger partial charge on any atom is 0.236 e. The summed E-state index contributed by atoms with van der Waals surface area (Å²) in [5.41, 5.74) is 5.86. The van der Waals surface area contributed by atoms with Crippen molar-refractivity contribution in [2.75, 3.05) is 32.7 Å². The molecular formula is C15H31N3O. The van der Waals surface area contributed by atoms with Crippen LogP contribution in [0.3, 0.4) is 0 Å². The molecule has 0 aromatic rings. The van der Waals surface area contributed by atoms with Gasteiger partial charge < -0.3 is 10.6 Å². The van der Waals surface area contributed by atoms with E-state index in [0.29, 0.717) is 19.1 Å². The highest BCUT2D eigenvalue weighted by molar-refractivity contribution is 5.78. The zero-order valence-corrected chi connectivity index (χ0v) is 12.9. The highest BCUT2D eigenvalue weighted by Gasteiger charge is 2.27. The summed E-state index contributed by atoms with van der Waals surface area (Å²) >= 11 is 0. The first-order chi connectivity index (χ1) is 9.12. The first-order valence-corrected chi connectivity index (χ1v) is 7.84. The number of carbonyl (C=O) groups is 1. The van der Waals surface area contributed by atoms with E-state index in [9.17, 15) is 4.79 Å². The Morgan fingerprint density at radius 1 is 1.32 bits per heavy atom. The van der Waals surface area contributed by atoms with Gasteiger partial charge in [0.25, 0.3) is 0 Å². The summed E-state index contributed by atoms with van der Waals surface area (Å²) in [5, 5.41) is 0. The van der Waals surface area contributed by atoms with Crippen molar-refractivity contribution in [2.24, 2.45) is 11.7 Å². The molecule has 0 aromatic heterocycles. The first-order valence-electron chi connectivity index (χ1n) is 7.84. The lowest BCUT2D eigenvalue weighted by Gasteiger charge is -2.38. The number of rotatable bonds is 7. The van der Waals surface area contributed by atoms with Crippen LogP contribution < -0.4 is 5.73 Å². The Morgan fingerprint density at radius 2 is 1.95 bits per heavy atom. The normalized spacial score (nSPS) is 24.4. The summed E-state index contributed by atoms with van der Waals surface area (Å²) in [4.78, 5) is 16.7. The zero-order valence-electron chi connectivity index (χ0n) is 12.9. The summed E-state index contributed by atoms with van der Waals surface area (Å²) in [6.07, 6.45) is 4.38. The van der Waals surface area contributed by atoms with Crippen molar-refractivity contribution in [1.29, 1.82) is 0 Å². The lowest BCUT2D eigenvalue weighted by molar-refractivity contribution is -0.133. The van der Waals surface area contributed by atoms with Gasteiger partial charge in [-0.2, -0.15) is 0 Å². The van der Waals surface area contributed by atoms with Gasteiger partial charge in [0, 0.05) is 25.7 Å². The Balaban J connectivity index is 2.53. The van der Waals surface area contributed by atoms with Gasteiger partial charge in [0.1, 0.15) is 0 Å². The van der Waals surface area contributed by atoms with Crippen LogP contribution in [0.5, 0.6) is 0 Å². The first kappa shape index (κ1) is 16.4. The third-order valence-corrected chi connectivity index (χ3v) is 4.05. The maximum atomic E-state index is 12.4. The smallest absolute Gasteiger partial charge is 0.236 e. The van der Waals surface area contributed by atoms with E-state index in [1.165, 1.54) is 6.42 Å². The fourth-order valence-corrected chi connectivity index (χ4v) is 2.93. The van der Waals surface area contributed by atoms with Crippen LogP contribution in [0.15, 0.2) is 0 Å². The van der Waals surface area contributed by atoms with Gasteiger partial charge in [-0.15, -0.1) is 0 Å². The Bertz CT molecular complexity index is 264. The molecule has 1 amide bonds. The number of amides is 1. The number of hydrogen-bond acceptors (Lipinski definition) is 3. The molecule has 1 aliphatic rings. The molecule has 19 heavy (non-hydrogen) atoms. The topological polar surface area (TPSA) is 49.6 Å². The van der Waals surface area contributed by atoms with Gasteiger partial charge in [0.05, 0.1) is 6.54 Å². The number of nitrogens with two attached hydrogens (primary N) is 1. The van der Waals surface area contributed by atoms with Crippen LogP contribution in [0.25, 0.3) is 0 Å². The Hall–Kier alpha value is -0.610. The molecule has 0 aromatic carbocycles. The molecule has 1 fully saturated rings. The molecule has 4 nitrogen and oxygen atoms in total. The molecule has 112 valence electrons. The molecule has 0 aliphatic carbocycles. The lowest BCUT2D eigenvalue weighted by atomic mass is 9.92. The molecule has 1 saturated heterocycles. The van der Waals surface area contributed by atoms with Crippen LogP contribution in [-0.2, 0) is 4.79 Å². The molecule has 2 unspecified atom stereocenters. The molecule has 0 bridgehead atoms. The number of carbonyl (C=O) groups excluding carboxylic acids is 1. The molecule has 0 radical (unpaired) electrons. The molecule has 1 rings (SSSR count). The third-order valence-electron chi connectivity index (χ3n) is 4.05. The molecule has 1 aliphatic heterocycles. The van der Waals surface area contributed by atoms with E-state index in [-0.39, 0.29) is 5.91 Å². The summed E-state index contributed by atoms with van der Waals surface area (Å²) in [7, 11) is 0. The second-order valence-electron chi connectivity index (χ2n) is 5.87. The quantitative estimate of drug-likeness (QED) is 0.765. The highest BCUT2D eigenvalue weighted by atomic mass is 16.2. The second kappa shape index (κ2) is 8.54. The summed E-state index contributed by atoms with van der Waals surface area (Å²) in [5.74, 6) is 1.01. The van der Waals surface area contributed by atoms with Crippen molar-refractivity contribution in [1.82, 2.24) is 9.80 Å². The summed E-state index contributed by atoms with van der Waals surface area (Å²) in [6, 6.07) is 0.387. The molecule has 2 N–H and O–H groups in total. The van der Waals surface area contributed by atoms with Crippen molar-refractivity contribution >= 4 is 5.91 Å². The zero-order chi connectivity index (χ0) is 14.3. The fourth-order valence-electron chi connectivity index (χ4n) is 2.93. The average Bonchev–Trinajstić information content (AvgIpc) is 2.40. The number of likely N-dealkylation sites (tertiary alicyclic amines) is 1. The van der Waals surface area contributed by atoms with E-state index >= 15 is 0 Å². The predicted molar refractivity (Wildman–Crippen MR) is 80.0 cm³/mol. The average molecular weight is 269 g/mol. The minimum Gasteiger partial charge on any atom is -0.342 e. The number of nitrogens with zero attached hydrogens (tertiary/aromatic N) is 2. The van der Waals surface area contributed by atoms with Crippen molar-refractivity contribution in [3.8, 4) is 0 Å². The van der Waals surface area contributed by atoms with Gasteiger partial charge in [-0.05, 0) is 38.1 Å². The van der Waals surface area contributed by atoms with Gasteiger partial charge in [-0.3, -0.25) is 9.69 Å². The van der Waals surface area contributed by atoms with Crippen LogP contribution in [0, 0.1) is 5.92 Å². The van der Waals surface area contributed by atoms with Crippen LogP contribution >= 0.6 is 0 Å². The van der Waals surface area contributed by atoms with Gasteiger partial charge in [0.2, 0.25) is 5.91 Å². The van der Waals surface area contributed by atoms with Gasteiger partial charge in [-0.25, -0.2) is 0 Å². The number of piperidine rings is 1. The van der Waals surface area contributed by atoms with Crippen LogP contribution in [-0.4, -0.2) is 54.5 Å². The largest absolute Gasteiger partial charge is 0.342 e. The predicted octanol–water partition coefficient (Wildman–Crippen LogP) is 1.69. The molecule has 2 atom stereocenters. The van der Waals surface area contributed by atoms with E-state index in [4.69, 9.17) is 5.73 Å². The Morgan fingerprint density at radius 3 is 2.47 bits per heavy atom. The van der Waals surface area contributed by atoms with E-state index in [1.54, 1.807) is 0 Å². The molecule has 0 spiro atoms. The van der Waals surface area contributed by atoms with E-state index < -0.39 is 0 Å². The van der Waals surface area contributed by atoms with E-state index in [1.807, 2.05) is 4.90 Å². The third kappa shape index (κ3) is 5.11. The van der Waals surface area contributed by atoms with Gasteiger partial charge in [-0.1, -0.05) is 20.8 Å². The molecule has 0 saturated carbocycles. The van der Waals surface area contributed by atoms with Gasteiger partial charge in [0.15, 0.2) is 0 Å². The van der Waals surface area contributed by atoms with Crippen LogP contribution in [0.4, 0.5) is 0 Å². The maximum absolute atomic E-state index is 12.4. The molecular weight excluding hydrogens is 238 g/mol. The summed E-state index contributed by atoms with van der Waals surface area (Å²) < 4.78 is 0. The van der Waals surface area contributed by atoms with Crippen molar-refractivity contribution in [3.63, 3.8) is 0 Å². The monoisotopic (exact) mass is 269 g/mol. The highest BCUT2D eigenvalue weighted by Crippen LogP contribution is 2.21. The second-order valence-corrected chi connectivity index (χ2v) is 5.87. The minimum atomic E-state index is 0.275. The SMILES string of the molecule is CCCN(CCC)C(=O)CN1CCC(C)CC1CN. The fraction of sp³-hybridized carbons (Fsp3) is 0.933. The molecule has 4 heteroatoms. The number of hydrogen-bond donors (Lipinski definition) is 1. The lowest BCUT2D eigenvalue weighted by Crippen LogP contribution is -2.51. The van der Waals surface area contributed by atoms with E-state index in [2.05, 4.69) is 25.7 Å². The Kier molecular flexibility index (Phi) is 7.39. The van der Waals surface area contributed by atoms with Crippen LogP contribution in [0.2, 0.25) is 0 Å². The van der Waals surface area contributed by atoms with Crippen molar-refractivity contribution in [3.05, 3.63) is 0 Å². The molecule has 1 heterocycles. The van der Waals surface area contributed by atoms with Crippen molar-refractivity contribution in [2.45, 2.75) is 52.5 Å². The minimum absolute atomic E-state index is 0.275. The Labute approximate surface area is 118 Å². The standard InChI is InChI=1S/C15H31N3O/c1-4-7-17(8-5-2)15(19)12-18-9-6-13(3)10-14(18)11-16/h13-14H,4-12,16H2,1-3H3. The van der Waals surface area contributed by atoms with Gasteiger partial charge >= 0.3 is 0 Å². The van der Waals surface area contributed by atoms with E-state index in [0.717, 1.165) is 44.8 Å². The van der Waals surface area contributed by atoms with Crippen LogP contribution in [0.1, 0.15) is 46.5 Å². The van der Waals surface area contributed by atoms with Crippen molar-refractivity contribution < 1.29 is 4.79 Å².